The van der Waals surface area contributed by atoms with Gasteiger partial charge >= 0.3 is 0 Å². The van der Waals surface area contributed by atoms with E-state index in [4.69, 9.17) is 16.6 Å². The fourth-order valence-corrected chi connectivity index (χ4v) is 3.72. The van der Waals surface area contributed by atoms with Crippen LogP contribution in [0.2, 0.25) is 0 Å². The third kappa shape index (κ3) is 2.24. The first-order chi connectivity index (χ1) is 9.51. The van der Waals surface area contributed by atoms with Crippen LogP contribution >= 0.6 is 11.6 Å². The lowest BCUT2D eigenvalue weighted by atomic mass is 9.82. The Bertz CT molecular complexity index is 621. The molecule has 108 valence electrons. The summed E-state index contributed by atoms with van der Waals surface area (Å²) in [4.78, 5) is 4.80. The Morgan fingerprint density at radius 3 is 2.60 bits per heavy atom. The van der Waals surface area contributed by atoms with Gasteiger partial charge in [-0.05, 0) is 51.3 Å². The molecule has 2 nitrogen and oxygen atoms in total. The molecule has 1 aliphatic carbocycles. The Labute approximate surface area is 126 Å². The Morgan fingerprint density at radius 1 is 1.25 bits per heavy atom. The van der Waals surface area contributed by atoms with E-state index in [0.717, 1.165) is 11.3 Å². The smallest absolute Gasteiger partial charge is 0.128 e. The zero-order valence-corrected chi connectivity index (χ0v) is 13.4. The predicted molar refractivity (Wildman–Crippen MR) is 85.5 cm³/mol. The van der Waals surface area contributed by atoms with Crippen LogP contribution in [0.3, 0.4) is 0 Å². The molecule has 0 saturated heterocycles. The second-order valence-corrected chi connectivity index (χ2v) is 7.13. The van der Waals surface area contributed by atoms with Crippen molar-refractivity contribution in [3.63, 3.8) is 0 Å². The summed E-state index contributed by atoms with van der Waals surface area (Å²) in [5.41, 5.74) is 3.77. The number of hydrogen-bond acceptors (Lipinski definition) is 1. The lowest BCUT2D eigenvalue weighted by Crippen LogP contribution is -2.34. The molecule has 1 aromatic carbocycles. The van der Waals surface area contributed by atoms with Crippen molar-refractivity contribution in [1.29, 1.82) is 0 Å². The van der Waals surface area contributed by atoms with E-state index in [9.17, 15) is 0 Å². The summed E-state index contributed by atoms with van der Waals surface area (Å²) in [5, 5.41) is -0.0542. The number of hydrogen-bond donors (Lipinski definition) is 0. The molecule has 0 aliphatic heterocycles. The van der Waals surface area contributed by atoms with Crippen molar-refractivity contribution in [2.75, 3.05) is 0 Å². The van der Waals surface area contributed by atoms with Crippen molar-refractivity contribution < 1.29 is 0 Å². The summed E-state index contributed by atoms with van der Waals surface area (Å²) in [6.07, 6.45) is 6.41. The van der Waals surface area contributed by atoms with Crippen LogP contribution in [0.1, 0.15) is 62.7 Å². The molecule has 3 heteroatoms. The molecular weight excluding hydrogens is 268 g/mol. The number of alkyl halides is 1. The molecule has 1 aromatic heterocycles. The van der Waals surface area contributed by atoms with Crippen molar-refractivity contribution in [2.24, 2.45) is 0 Å². The van der Waals surface area contributed by atoms with Crippen LogP contribution in [-0.2, 0) is 5.54 Å². The highest BCUT2D eigenvalue weighted by Crippen LogP contribution is 2.40. The van der Waals surface area contributed by atoms with E-state index in [1.807, 2.05) is 6.92 Å². The summed E-state index contributed by atoms with van der Waals surface area (Å²) in [6.45, 7) is 6.54. The number of rotatable bonds is 2. The van der Waals surface area contributed by atoms with Crippen LogP contribution in [0.4, 0.5) is 0 Å². The molecule has 1 fully saturated rings. The maximum Gasteiger partial charge on any atom is 0.128 e. The van der Waals surface area contributed by atoms with E-state index in [0.29, 0.717) is 0 Å². The Morgan fingerprint density at radius 2 is 1.95 bits per heavy atom. The van der Waals surface area contributed by atoms with Crippen molar-refractivity contribution in [3.05, 3.63) is 29.6 Å². The molecule has 1 unspecified atom stereocenters. The average Bonchev–Trinajstić information content (AvgIpc) is 2.79. The fourth-order valence-electron chi connectivity index (χ4n) is 3.58. The molecule has 0 radical (unpaired) electrons. The topological polar surface area (TPSA) is 17.8 Å². The minimum absolute atomic E-state index is 0.0542. The predicted octanol–water partition coefficient (Wildman–Crippen LogP) is 5.32. The average molecular weight is 291 g/mol. The molecule has 1 saturated carbocycles. The highest BCUT2D eigenvalue weighted by atomic mass is 35.5. The second-order valence-electron chi connectivity index (χ2n) is 6.47. The molecule has 0 amide bonds. The quantitative estimate of drug-likeness (QED) is 0.684. The molecule has 0 bridgehead atoms. The van der Waals surface area contributed by atoms with Crippen LogP contribution in [-0.4, -0.2) is 9.55 Å². The molecule has 0 spiro atoms. The van der Waals surface area contributed by atoms with Crippen LogP contribution in [0.25, 0.3) is 11.0 Å². The van der Waals surface area contributed by atoms with E-state index < -0.39 is 0 Å². The standard InChI is InChI=1S/C17H23ClN2/c1-12-7-8-14-15(11-12)20(16(19-14)13(2)18)17(3)9-5-4-6-10-17/h7-8,11,13H,4-6,9-10H2,1-3H3. The maximum atomic E-state index is 6.42. The van der Waals surface area contributed by atoms with Gasteiger partial charge < -0.3 is 4.57 Å². The van der Waals surface area contributed by atoms with E-state index >= 15 is 0 Å². The second kappa shape index (κ2) is 5.07. The van der Waals surface area contributed by atoms with Gasteiger partial charge in [-0.25, -0.2) is 4.98 Å². The summed E-state index contributed by atoms with van der Waals surface area (Å²) in [7, 11) is 0. The maximum absolute atomic E-state index is 6.42. The van der Waals surface area contributed by atoms with Crippen LogP contribution in [0.5, 0.6) is 0 Å². The van der Waals surface area contributed by atoms with Crippen molar-refractivity contribution >= 4 is 22.6 Å². The van der Waals surface area contributed by atoms with Gasteiger partial charge in [-0.2, -0.15) is 0 Å². The van der Waals surface area contributed by atoms with Gasteiger partial charge in [0, 0.05) is 5.54 Å². The number of fused-ring (bicyclic) bond motifs is 1. The number of halogens is 1. The Kier molecular flexibility index (Phi) is 3.53. The minimum atomic E-state index is -0.0542. The van der Waals surface area contributed by atoms with Crippen molar-refractivity contribution in [3.8, 4) is 0 Å². The third-order valence-electron chi connectivity index (χ3n) is 4.66. The number of imidazole rings is 1. The molecule has 2 aromatic rings. The van der Waals surface area contributed by atoms with Gasteiger partial charge in [0.25, 0.3) is 0 Å². The first-order valence-corrected chi connectivity index (χ1v) is 8.08. The van der Waals surface area contributed by atoms with Crippen molar-refractivity contribution in [2.45, 2.75) is 63.8 Å². The normalized spacial score (nSPS) is 20.2. The van der Waals surface area contributed by atoms with E-state index in [1.54, 1.807) is 0 Å². The monoisotopic (exact) mass is 290 g/mol. The zero-order valence-electron chi connectivity index (χ0n) is 12.6. The number of benzene rings is 1. The molecule has 1 heterocycles. The minimum Gasteiger partial charge on any atom is -0.321 e. The van der Waals surface area contributed by atoms with Gasteiger partial charge in [-0.15, -0.1) is 11.6 Å². The molecule has 20 heavy (non-hydrogen) atoms. The molecule has 1 aliphatic rings. The van der Waals surface area contributed by atoms with Gasteiger partial charge in [0.15, 0.2) is 0 Å². The van der Waals surface area contributed by atoms with Gasteiger partial charge in [0.1, 0.15) is 5.82 Å². The van der Waals surface area contributed by atoms with Gasteiger partial charge in [-0.3, -0.25) is 0 Å². The summed E-state index contributed by atoms with van der Waals surface area (Å²) in [6, 6.07) is 6.51. The largest absolute Gasteiger partial charge is 0.321 e. The third-order valence-corrected chi connectivity index (χ3v) is 4.86. The lowest BCUT2D eigenvalue weighted by Gasteiger charge is -2.37. The molecule has 3 rings (SSSR count). The highest BCUT2D eigenvalue weighted by Gasteiger charge is 2.33. The summed E-state index contributed by atoms with van der Waals surface area (Å²) < 4.78 is 2.44. The van der Waals surface area contributed by atoms with Gasteiger partial charge in [0.05, 0.1) is 16.4 Å². The lowest BCUT2D eigenvalue weighted by molar-refractivity contribution is 0.219. The molecule has 1 atom stereocenters. The van der Waals surface area contributed by atoms with Crippen LogP contribution in [0, 0.1) is 6.92 Å². The Hall–Kier alpha value is -1.02. The highest BCUT2D eigenvalue weighted by molar-refractivity contribution is 6.20. The molecular formula is C17H23ClN2. The zero-order chi connectivity index (χ0) is 14.3. The van der Waals surface area contributed by atoms with Crippen molar-refractivity contribution in [1.82, 2.24) is 9.55 Å². The fraction of sp³-hybridized carbons (Fsp3) is 0.588. The van der Waals surface area contributed by atoms with Crippen LogP contribution < -0.4 is 0 Å². The molecule has 0 N–H and O–H groups in total. The van der Waals surface area contributed by atoms with E-state index in [2.05, 4.69) is 36.6 Å². The van der Waals surface area contributed by atoms with E-state index in [-0.39, 0.29) is 10.9 Å². The van der Waals surface area contributed by atoms with Crippen LogP contribution in [0.15, 0.2) is 18.2 Å². The number of nitrogens with zero attached hydrogens (tertiary/aromatic N) is 2. The Balaban J connectivity index is 2.25. The van der Waals surface area contributed by atoms with Gasteiger partial charge in [-0.1, -0.05) is 25.3 Å². The van der Waals surface area contributed by atoms with Gasteiger partial charge in [0.2, 0.25) is 0 Å². The first kappa shape index (κ1) is 13.9. The number of aryl methyl sites for hydroxylation is 1. The van der Waals surface area contributed by atoms with E-state index in [1.165, 1.54) is 43.2 Å². The summed E-state index contributed by atoms with van der Waals surface area (Å²) in [5.74, 6) is 1.02. The summed E-state index contributed by atoms with van der Waals surface area (Å²) >= 11 is 6.42. The number of aromatic nitrogens is 2. The first-order valence-electron chi connectivity index (χ1n) is 7.65. The SMILES string of the molecule is Cc1ccc2nc(C(C)Cl)n(C3(C)CCCCC3)c2c1.